The molecule has 0 radical (unpaired) electrons. The average Bonchev–Trinajstić information content (AvgIpc) is 2.58. The van der Waals surface area contributed by atoms with Crippen molar-refractivity contribution in [1.29, 1.82) is 0 Å². The second kappa shape index (κ2) is 6.10. The second-order valence-corrected chi connectivity index (χ2v) is 5.25. The minimum absolute atomic E-state index is 0.125. The molecular weight excluding hydrogens is 280 g/mol. The van der Waals surface area contributed by atoms with E-state index in [0.29, 0.717) is 24.3 Å². The molecule has 0 saturated carbocycles. The lowest BCUT2D eigenvalue weighted by Gasteiger charge is -2.24. The zero-order chi connectivity index (χ0) is 15.5. The van der Waals surface area contributed by atoms with E-state index in [2.05, 4.69) is 0 Å². The number of Topliss-reactive ketones (excluding diaryl/α,β-unsaturated/α-hetero) is 1. The van der Waals surface area contributed by atoms with Crippen LogP contribution >= 0.6 is 0 Å². The van der Waals surface area contributed by atoms with Gasteiger partial charge < -0.3 is 14.2 Å². The predicted molar refractivity (Wildman–Crippen MR) is 83.0 cm³/mol. The van der Waals surface area contributed by atoms with E-state index in [9.17, 15) is 4.79 Å². The van der Waals surface area contributed by atoms with Gasteiger partial charge in [0.05, 0.1) is 32.3 Å². The first-order valence-corrected chi connectivity index (χ1v) is 7.20. The average molecular weight is 298 g/mol. The van der Waals surface area contributed by atoms with Gasteiger partial charge >= 0.3 is 0 Å². The molecule has 2 aromatic carbocycles. The lowest BCUT2D eigenvalue weighted by Crippen LogP contribution is -2.29. The molecule has 3 rings (SSSR count). The van der Waals surface area contributed by atoms with Crippen molar-refractivity contribution in [2.24, 2.45) is 5.92 Å². The quantitative estimate of drug-likeness (QED) is 0.870. The van der Waals surface area contributed by atoms with Crippen molar-refractivity contribution in [3.8, 4) is 17.2 Å². The van der Waals surface area contributed by atoms with Gasteiger partial charge in [-0.05, 0) is 30.2 Å². The highest BCUT2D eigenvalue weighted by atomic mass is 16.5. The minimum atomic E-state index is -0.197. The third-order valence-corrected chi connectivity index (χ3v) is 3.92. The van der Waals surface area contributed by atoms with Gasteiger partial charge in [0, 0.05) is 6.07 Å². The molecule has 22 heavy (non-hydrogen) atoms. The summed E-state index contributed by atoms with van der Waals surface area (Å²) in [6.07, 6.45) is 0.584. The molecule has 0 bridgehead atoms. The Labute approximate surface area is 129 Å². The molecule has 4 nitrogen and oxygen atoms in total. The molecule has 1 heterocycles. The van der Waals surface area contributed by atoms with Gasteiger partial charge in [0.15, 0.2) is 5.78 Å². The van der Waals surface area contributed by atoms with Crippen LogP contribution in [-0.4, -0.2) is 26.6 Å². The number of hydrogen-bond acceptors (Lipinski definition) is 4. The van der Waals surface area contributed by atoms with Crippen molar-refractivity contribution in [2.45, 2.75) is 6.42 Å². The molecule has 0 spiro atoms. The maximum absolute atomic E-state index is 12.6. The molecule has 0 aliphatic carbocycles. The molecule has 0 fully saturated rings. The number of hydrogen-bond donors (Lipinski definition) is 0. The SMILES string of the molecule is COc1ccc(CC2COc3ccccc3C2=O)c(OC)c1. The molecule has 114 valence electrons. The fourth-order valence-electron chi connectivity index (χ4n) is 2.72. The molecule has 0 N–H and O–H groups in total. The second-order valence-electron chi connectivity index (χ2n) is 5.25. The lowest BCUT2D eigenvalue weighted by molar-refractivity contribution is 0.0830. The Bertz CT molecular complexity index is 693. The van der Waals surface area contributed by atoms with E-state index >= 15 is 0 Å². The van der Waals surface area contributed by atoms with E-state index in [1.54, 1.807) is 14.2 Å². The summed E-state index contributed by atoms with van der Waals surface area (Å²) in [4.78, 5) is 12.6. The summed E-state index contributed by atoms with van der Waals surface area (Å²) < 4.78 is 16.3. The Hall–Kier alpha value is -2.49. The Morgan fingerprint density at radius 1 is 1.14 bits per heavy atom. The summed E-state index contributed by atoms with van der Waals surface area (Å²) >= 11 is 0. The molecular formula is C18H18O4. The fraction of sp³-hybridized carbons (Fsp3) is 0.278. The van der Waals surface area contributed by atoms with Gasteiger partial charge in [-0.3, -0.25) is 4.79 Å². The summed E-state index contributed by atoms with van der Waals surface area (Å²) in [5.74, 6) is 2.06. The van der Waals surface area contributed by atoms with Crippen LogP contribution in [0.4, 0.5) is 0 Å². The largest absolute Gasteiger partial charge is 0.497 e. The van der Waals surface area contributed by atoms with Crippen molar-refractivity contribution in [3.63, 3.8) is 0 Å². The number of methoxy groups -OCH3 is 2. The number of ketones is 1. The highest BCUT2D eigenvalue weighted by Crippen LogP contribution is 2.32. The fourth-order valence-corrected chi connectivity index (χ4v) is 2.72. The van der Waals surface area contributed by atoms with E-state index in [0.717, 1.165) is 17.1 Å². The molecule has 0 amide bonds. The number of benzene rings is 2. The Kier molecular flexibility index (Phi) is 4.00. The lowest BCUT2D eigenvalue weighted by atomic mass is 9.89. The number of fused-ring (bicyclic) bond motifs is 1. The first-order valence-electron chi connectivity index (χ1n) is 7.20. The molecule has 1 atom stereocenters. The zero-order valence-corrected chi connectivity index (χ0v) is 12.7. The van der Waals surface area contributed by atoms with Gasteiger partial charge in [-0.15, -0.1) is 0 Å². The van der Waals surface area contributed by atoms with Crippen molar-refractivity contribution < 1.29 is 19.0 Å². The zero-order valence-electron chi connectivity index (χ0n) is 12.7. The van der Waals surface area contributed by atoms with Gasteiger partial charge in [0.25, 0.3) is 0 Å². The van der Waals surface area contributed by atoms with Crippen LogP contribution in [0.1, 0.15) is 15.9 Å². The Morgan fingerprint density at radius 2 is 1.95 bits per heavy atom. The van der Waals surface area contributed by atoms with Crippen LogP contribution in [-0.2, 0) is 6.42 Å². The smallest absolute Gasteiger partial charge is 0.173 e. The van der Waals surface area contributed by atoms with E-state index < -0.39 is 0 Å². The predicted octanol–water partition coefficient (Wildman–Crippen LogP) is 3.14. The standard InChI is InChI=1S/C18H18O4/c1-20-14-8-7-12(17(10-14)21-2)9-13-11-22-16-6-4-3-5-15(16)18(13)19/h3-8,10,13H,9,11H2,1-2H3. The van der Waals surface area contributed by atoms with E-state index in [4.69, 9.17) is 14.2 Å². The third kappa shape index (κ3) is 2.64. The molecule has 4 heteroatoms. The molecule has 1 unspecified atom stereocenters. The molecule has 1 aliphatic heterocycles. The van der Waals surface area contributed by atoms with E-state index in [1.807, 2.05) is 42.5 Å². The van der Waals surface area contributed by atoms with Crippen molar-refractivity contribution >= 4 is 5.78 Å². The van der Waals surface area contributed by atoms with Crippen molar-refractivity contribution in [2.75, 3.05) is 20.8 Å². The first-order chi connectivity index (χ1) is 10.7. The number of para-hydroxylation sites is 1. The van der Waals surface area contributed by atoms with Crippen LogP contribution in [0.25, 0.3) is 0 Å². The molecule has 0 aromatic heterocycles. The minimum Gasteiger partial charge on any atom is -0.497 e. The van der Waals surface area contributed by atoms with Crippen LogP contribution in [0.2, 0.25) is 0 Å². The van der Waals surface area contributed by atoms with Gasteiger partial charge in [-0.25, -0.2) is 0 Å². The first kappa shape index (κ1) is 14.4. The summed E-state index contributed by atoms with van der Waals surface area (Å²) in [5.41, 5.74) is 1.64. The van der Waals surface area contributed by atoms with Crippen LogP contribution in [0.5, 0.6) is 17.2 Å². The van der Waals surface area contributed by atoms with Gasteiger partial charge in [0.1, 0.15) is 17.2 Å². The monoisotopic (exact) mass is 298 g/mol. The number of carbonyl (C=O) groups excluding carboxylic acids is 1. The Morgan fingerprint density at radius 3 is 2.73 bits per heavy atom. The normalized spacial score (nSPS) is 16.6. The molecule has 1 aliphatic rings. The summed E-state index contributed by atoms with van der Waals surface area (Å²) in [6, 6.07) is 13.0. The number of rotatable bonds is 4. The van der Waals surface area contributed by atoms with E-state index in [1.165, 1.54) is 0 Å². The number of ether oxygens (including phenoxy) is 3. The summed E-state index contributed by atoms with van der Waals surface area (Å²) in [5, 5.41) is 0. The van der Waals surface area contributed by atoms with E-state index in [-0.39, 0.29) is 11.7 Å². The van der Waals surface area contributed by atoms with Crippen LogP contribution in [0, 0.1) is 5.92 Å². The number of carbonyl (C=O) groups is 1. The topological polar surface area (TPSA) is 44.8 Å². The molecule has 0 saturated heterocycles. The van der Waals surface area contributed by atoms with Crippen LogP contribution in [0.15, 0.2) is 42.5 Å². The van der Waals surface area contributed by atoms with Gasteiger partial charge in [0.2, 0.25) is 0 Å². The Balaban J connectivity index is 1.84. The van der Waals surface area contributed by atoms with Crippen molar-refractivity contribution in [3.05, 3.63) is 53.6 Å². The highest BCUT2D eigenvalue weighted by molar-refractivity contribution is 6.01. The van der Waals surface area contributed by atoms with Crippen molar-refractivity contribution in [1.82, 2.24) is 0 Å². The maximum atomic E-state index is 12.6. The third-order valence-electron chi connectivity index (χ3n) is 3.92. The van der Waals surface area contributed by atoms with Crippen LogP contribution < -0.4 is 14.2 Å². The maximum Gasteiger partial charge on any atom is 0.173 e. The van der Waals surface area contributed by atoms with Gasteiger partial charge in [-0.2, -0.15) is 0 Å². The van der Waals surface area contributed by atoms with Crippen LogP contribution in [0.3, 0.4) is 0 Å². The summed E-state index contributed by atoms with van der Waals surface area (Å²) in [7, 11) is 3.23. The highest BCUT2D eigenvalue weighted by Gasteiger charge is 2.29. The van der Waals surface area contributed by atoms with Gasteiger partial charge in [-0.1, -0.05) is 18.2 Å². The molecule has 2 aromatic rings. The summed E-state index contributed by atoms with van der Waals surface area (Å²) in [6.45, 7) is 0.394.